The Bertz CT molecular complexity index is 1120. The van der Waals surface area contributed by atoms with Crippen LogP contribution < -0.4 is 21.0 Å². The number of imide groups is 2. The Morgan fingerprint density at radius 1 is 1.03 bits per heavy atom. The number of nitrogens with zero attached hydrogens (tertiary/aromatic N) is 2. The molecule has 1 atom stereocenters. The van der Waals surface area contributed by atoms with Crippen LogP contribution in [0.1, 0.15) is 29.8 Å². The molecule has 1 heterocycles. The highest BCUT2D eigenvalue weighted by atomic mass is 16.2. The molecule has 1 aliphatic heterocycles. The first-order valence-electron chi connectivity index (χ1n) is 10.2. The van der Waals surface area contributed by atoms with Gasteiger partial charge in [0.05, 0.1) is 5.69 Å². The van der Waals surface area contributed by atoms with E-state index in [2.05, 4.69) is 21.2 Å². The number of nitrogens with one attached hydrogen (secondary N) is 3. The maximum absolute atomic E-state index is 12.8. The smallest absolute Gasteiger partial charge is 0.326 e. The number of rotatable bonds is 6. The van der Waals surface area contributed by atoms with Gasteiger partial charge in [0.2, 0.25) is 11.8 Å². The maximum atomic E-state index is 12.8. The number of carbonyl (C=O) groups excluding carboxylic acids is 5. The molecular formula is C23H23N5O5. The fraction of sp³-hybridized carbons (Fsp3) is 0.217. The van der Waals surface area contributed by atoms with Crippen molar-refractivity contribution in [1.29, 1.82) is 0 Å². The van der Waals surface area contributed by atoms with Crippen molar-refractivity contribution in [1.82, 2.24) is 10.7 Å². The number of anilines is 2. The molecule has 2 aromatic rings. The highest BCUT2D eigenvalue weighted by molar-refractivity contribution is 6.32. The normalized spacial score (nSPS) is 16.2. The summed E-state index contributed by atoms with van der Waals surface area (Å²) in [5, 5.41) is 8.54. The number of barbiturate groups is 1. The number of aryl methyl sites for hydroxylation is 1. The highest BCUT2D eigenvalue weighted by Gasteiger charge is 2.40. The minimum Gasteiger partial charge on any atom is -0.326 e. The SMILES string of the molecule is Cc1ccc(N2C(=O)NC(=O)[C@H](/C=N\NC(=O)c3ccc(NC(=O)C(C)C)cc3)C2=O)cc1. The van der Waals surface area contributed by atoms with Crippen LogP contribution in [0.15, 0.2) is 53.6 Å². The second kappa shape index (κ2) is 9.86. The van der Waals surface area contributed by atoms with Gasteiger partial charge in [-0.25, -0.2) is 15.1 Å². The summed E-state index contributed by atoms with van der Waals surface area (Å²) in [5.74, 6) is -3.92. The minimum absolute atomic E-state index is 0.148. The molecule has 33 heavy (non-hydrogen) atoms. The van der Waals surface area contributed by atoms with Crippen LogP contribution in [0.3, 0.4) is 0 Å². The zero-order valence-corrected chi connectivity index (χ0v) is 18.3. The van der Waals surface area contributed by atoms with Crippen molar-refractivity contribution in [2.24, 2.45) is 16.9 Å². The maximum Gasteiger partial charge on any atom is 0.335 e. The Hall–Kier alpha value is -4.34. The van der Waals surface area contributed by atoms with Gasteiger partial charge in [-0.2, -0.15) is 5.10 Å². The topological polar surface area (TPSA) is 137 Å². The lowest BCUT2D eigenvalue weighted by atomic mass is 10.1. The molecular weight excluding hydrogens is 426 g/mol. The van der Waals surface area contributed by atoms with Crippen molar-refractivity contribution in [3.8, 4) is 0 Å². The number of hydrazone groups is 1. The van der Waals surface area contributed by atoms with Crippen LogP contribution in [0.2, 0.25) is 0 Å². The summed E-state index contributed by atoms with van der Waals surface area (Å²) in [6, 6.07) is 11.9. The Balaban J connectivity index is 1.65. The first-order chi connectivity index (χ1) is 15.7. The number of urea groups is 1. The quantitative estimate of drug-likeness (QED) is 0.353. The average Bonchev–Trinajstić information content (AvgIpc) is 2.77. The Labute approximate surface area is 190 Å². The average molecular weight is 449 g/mol. The minimum atomic E-state index is -1.39. The van der Waals surface area contributed by atoms with Crippen LogP contribution in [0, 0.1) is 18.8 Å². The first-order valence-corrected chi connectivity index (χ1v) is 10.2. The molecule has 170 valence electrons. The predicted molar refractivity (Wildman–Crippen MR) is 122 cm³/mol. The van der Waals surface area contributed by atoms with E-state index in [1.807, 2.05) is 6.92 Å². The number of carbonyl (C=O) groups is 5. The molecule has 0 radical (unpaired) electrons. The molecule has 6 amide bonds. The number of hydrogen-bond donors (Lipinski definition) is 3. The van der Waals surface area contributed by atoms with Gasteiger partial charge in [0.25, 0.3) is 11.8 Å². The lowest BCUT2D eigenvalue weighted by Gasteiger charge is -2.28. The van der Waals surface area contributed by atoms with Gasteiger partial charge in [-0.15, -0.1) is 0 Å². The van der Waals surface area contributed by atoms with Crippen LogP contribution in [-0.4, -0.2) is 35.9 Å². The third kappa shape index (κ3) is 5.48. The van der Waals surface area contributed by atoms with Gasteiger partial charge in [-0.05, 0) is 43.3 Å². The largest absolute Gasteiger partial charge is 0.335 e. The van der Waals surface area contributed by atoms with E-state index in [4.69, 9.17) is 0 Å². The Morgan fingerprint density at radius 2 is 1.67 bits per heavy atom. The van der Waals surface area contributed by atoms with Crippen molar-refractivity contribution in [2.45, 2.75) is 20.8 Å². The molecule has 0 aromatic heterocycles. The summed E-state index contributed by atoms with van der Waals surface area (Å²) >= 11 is 0. The molecule has 3 N–H and O–H groups in total. The van der Waals surface area contributed by atoms with E-state index < -0.39 is 29.7 Å². The van der Waals surface area contributed by atoms with Crippen LogP contribution >= 0.6 is 0 Å². The zero-order chi connectivity index (χ0) is 24.1. The summed E-state index contributed by atoms with van der Waals surface area (Å²) in [6.07, 6.45) is 0.973. The third-order valence-corrected chi connectivity index (χ3v) is 4.82. The molecule has 1 saturated heterocycles. The van der Waals surface area contributed by atoms with Gasteiger partial charge in [0.1, 0.15) is 0 Å². The van der Waals surface area contributed by atoms with E-state index in [1.54, 1.807) is 50.2 Å². The summed E-state index contributed by atoms with van der Waals surface area (Å²) < 4.78 is 0. The molecule has 0 bridgehead atoms. The van der Waals surface area contributed by atoms with Crippen LogP contribution in [0.25, 0.3) is 0 Å². The molecule has 10 nitrogen and oxygen atoms in total. The first kappa shape index (κ1) is 23.3. The van der Waals surface area contributed by atoms with Crippen molar-refractivity contribution in [3.05, 3.63) is 59.7 Å². The van der Waals surface area contributed by atoms with Gasteiger partial charge in [0, 0.05) is 23.4 Å². The summed E-state index contributed by atoms with van der Waals surface area (Å²) in [4.78, 5) is 62.0. The molecule has 0 spiro atoms. The van der Waals surface area contributed by atoms with E-state index >= 15 is 0 Å². The van der Waals surface area contributed by atoms with E-state index in [-0.39, 0.29) is 17.4 Å². The molecule has 1 aliphatic rings. The lowest BCUT2D eigenvalue weighted by molar-refractivity contribution is -0.131. The fourth-order valence-electron chi connectivity index (χ4n) is 2.89. The van der Waals surface area contributed by atoms with Crippen molar-refractivity contribution >= 4 is 47.2 Å². The van der Waals surface area contributed by atoms with Crippen LogP contribution in [0.5, 0.6) is 0 Å². The van der Waals surface area contributed by atoms with Gasteiger partial charge < -0.3 is 5.32 Å². The van der Waals surface area contributed by atoms with Crippen molar-refractivity contribution in [3.63, 3.8) is 0 Å². The number of hydrogen-bond acceptors (Lipinski definition) is 6. The molecule has 0 aliphatic carbocycles. The van der Waals surface area contributed by atoms with Gasteiger partial charge in [-0.3, -0.25) is 24.5 Å². The van der Waals surface area contributed by atoms with E-state index in [9.17, 15) is 24.0 Å². The summed E-state index contributed by atoms with van der Waals surface area (Å²) in [5.41, 5.74) is 4.29. The van der Waals surface area contributed by atoms with Crippen molar-refractivity contribution in [2.75, 3.05) is 10.2 Å². The second-order valence-electron chi connectivity index (χ2n) is 7.72. The predicted octanol–water partition coefficient (Wildman–Crippen LogP) is 2.20. The van der Waals surface area contributed by atoms with E-state index in [1.165, 1.54) is 12.1 Å². The number of amides is 6. The number of benzene rings is 2. The highest BCUT2D eigenvalue weighted by Crippen LogP contribution is 2.20. The molecule has 0 unspecified atom stereocenters. The van der Waals surface area contributed by atoms with E-state index in [0.717, 1.165) is 16.7 Å². The second-order valence-corrected chi connectivity index (χ2v) is 7.72. The third-order valence-electron chi connectivity index (χ3n) is 4.82. The standard InChI is InChI=1S/C23H23N5O5/c1-13(2)19(29)25-16-8-6-15(7-9-16)20(30)27-24-12-18-21(31)26-23(33)28(22(18)32)17-10-4-14(3)5-11-17/h4-13,18H,1-3H3,(H,25,29)(H,27,30)(H,26,31,33)/b24-12-/t18-/m0/s1. The molecule has 1 fully saturated rings. The summed E-state index contributed by atoms with van der Waals surface area (Å²) in [6.45, 7) is 5.39. The van der Waals surface area contributed by atoms with Crippen LogP contribution in [-0.2, 0) is 14.4 Å². The molecule has 0 saturated carbocycles. The van der Waals surface area contributed by atoms with Crippen LogP contribution in [0.4, 0.5) is 16.2 Å². The van der Waals surface area contributed by atoms with Gasteiger partial charge in [0.15, 0.2) is 5.92 Å². The Morgan fingerprint density at radius 3 is 2.27 bits per heavy atom. The fourth-order valence-corrected chi connectivity index (χ4v) is 2.89. The van der Waals surface area contributed by atoms with Crippen molar-refractivity contribution < 1.29 is 24.0 Å². The van der Waals surface area contributed by atoms with E-state index in [0.29, 0.717) is 11.4 Å². The molecule has 10 heteroatoms. The van der Waals surface area contributed by atoms with Gasteiger partial charge in [-0.1, -0.05) is 31.5 Å². The van der Waals surface area contributed by atoms with Gasteiger partial charge >= 0.3 is 6.03 Å². The lowest BCUT2D eigenvalue weighted by Crippen LogP contribution is -2.58. The molecule has 3 rings (SSSR count). The Kier molecular flexibility index (Phi) is 6.97. The monoisotopic (exact) mass is 449 g/mol. The molecule has 2 aromatic carbocycles. The summed E-state index contributed by atoms with van der Waals surface area (Å²) in [7, 11) is 0. The zero-order valence-electron chi connectivity index (χ0n) is 18.3.